The van der Waals surface area contributed by atoms with Crippen molar-refractivity contribution in [3.63, 3.8) is 0 Å². The number of rotatable bonds is 4. The number of para-hydroxylation sites is 1. The Morgan fingerprint density at radius 3 is 2.70 bits per heavy atom. The Bertz CT molecular complexity index is 652. The maximum absolute atomic E-state index is 12.4. The summed E-state index contributed by atoms with van der Waals surface area (Å²) in [5.41, 5.74) is 1.89. The molecule has 1 N–H and O–H groups in total. The molecule has 2 aromatic rings. The Kier molecular flexibility index (Phi) is 4.88. The van der Waals surface area contributed by atoms with Crippen LogP contribution in [-0.4, -0.2) is 49.1 Å². The number of nitrogens with one attached hydrogen (secondary N) is 1. The highest BCUT2D eigenvalue weighted by Crippen LogP contribution is 2.16. The molecule has 3 rings (SSSR count). The fourth-order valence-electron chi connectivity index (χ4n) is 2.99. The van der Waals surface area contributed by atoms with Crippen LogP contribution in [0.2, 0.25) is 0 Å². The molecule has 1 amide bonds. The van der Waals surface area contributed by atoms with E-state index in [4.69, 9.17) is 4.74 Å². The summed E-state index contributed by atoms with van der Waals surface area (Å²) in [4.78, 5) is 19.8. The van der Waals surface area contributed by atoms with Crippen LogP contribution >= 0.6 is 0 Å². The summed E-state index contributed by atoms with van der Waals surface area (Å²) >= 11 is 0. The van der Waals surface area contributed by atoms with Crippen LogP contribution < -0.4 is 9.64 Å². The number of pyridine rings is 1. The third-order valence-corrected chi connectivity index (χ3v) is 4.30. The summed E-state index contributed by atoms with van der Waals surface area (Å²) < 4.78 is 5.42. The average molecular weight is 312 g/mol. The topological polar surface area (TPSA) is 46.9 Å². The van der Waals surface area contributed by atoms with Gasteiger partial charge in [-0.2, -0.15) is 0 Å². The third-order valence-electron chi connectivity index (χ3n) is 4.30. The molecule has 0 atom stereocenters. The molecule has 23 heavy (non-hydrogen) atoms. The highest BCUT2D eigenvalue weighted by molar-refractivity contribution is 5.93. The van der Waals surface area contributed by atoms with Gasteiger partial charge in [0.1, 0.15) is 12.3 Å². The molecule has 5 nitrogen and oxygen atoms in total. The molecule has 1 aliphatic rings. The number of aromatic nitrogens is 1. The fourth-order valence-corrected chi connectivity index (χ4v) is 2.99. The number of amides is 1. The van der Waals surface area contributed by atoms with Crippen LogP contribution in [0.25, 0.3) is 0 Å². The van der Waals surface area contributed by atoms with Crippen molar-refractivity contribution in [3.8, 4) is 5.75 Å². The van der Waals surface area contributed by atoms with Crippen LogP contribution in [-0.2, 0) is 6.54 Å². The number of hydrogen-bond donors (Lipinski definition) is 1. The maximum Gasteiger partial charge on any atom is 0.255 e. The summed E-state index contributed by atoms with van der Waals surface area (Å²) in [6.07, 6.45) is 3.32. The molecule has 120 valence electrons. The van der Waals surface area contributed by atoms with Crippen molar-refractivity contribution in [3.05, 3.63) is 59.9 Å². The third kappa shape index (κ3) is 3.68. The molecule has 0 bridgehead atoms. The lowest BCUT2D eigenvalue weighted by molar-refractivity contribution is -0.917. The van der Waals surface area contributed by atoms with Crippen molar-refractivity contribution in [2.24, 2.45) is 0 Å². The molecular weight excluding hydrogens is 290 g/mol. The minimum atomic E-state index is 0.0782. The second-order valence-electron chi connectivity index (χ2n) is 5.77. The van der Waals surface area contributed by atoms with Gasteiger partial charge in [0, 0.05) is 18.0 Å². The number of piperazine rings is 1. The molecule has 0 aliphatic carbocycles. The number of carbonyl (C=O) groups excluding carboxylic acids is 1. The number of benzene rings is 1. The van der Waals surface area contributed by atoms with Gasteiger partial charge in [0.15, 0.2) is 0 Å². The van der Waals surface area contributed by atoms with Gasteiger partial charge in [-0.25, -0.2) is 0 Å². The molecule has 0 unspecified atom stereocenters. The zero-order valence-electron chi connectivity index (χ0n) is 13.4. The second kappa shape index (κ2) is 7.24. The van der Waals surface area contributed by atoms with E-state index in [1.165, 1.54) is 10.5 Å². The summed E-state index contributed by atoms with van der Waals surface area (Å²) in [5.74, 6) is 1.02. The van der Waals surface area contributed by atoms with Crippen LogP contribution in [0.15, 0.2) is 48.8 Å². The molecule has 5 heteroatoms. The summed E-state index contributed by atoms with van der Waals surface area (Å²) in [7, 11) is 1.71. The first-order valence-corrected chi connectivity index (χ1v) is 7.92. The standard InChI is InChI=1S/C18H21N3O2/c1-23-17-7-3-2-5-16(17)14-20-9-11-21(12-10-20)18(22)15-6-4-8-19-13-15/h2-8,13H,9-12,14H2,1H3/p+1. The minimum Gasteiger partial charge on any atom is -0.496 e. The van der Waals surface area contributed by atoms with E-state index in [9.17, 15) is 4.79 Å². The number of quaternary nitrogens is 1. The van der Waals surface area contributed by atoms with Crippen molar-refractivity contribution >= 4 is 5.91 Å². The molecule has 1 aliphatic heterocycles. The van der Waals surface area contributed by atoms with Crippen molar-refractivity contribution in [2.75, 3.05) is 33.3 Å². The first kappa shape index (κ1) is 15.5. The normalized spacial score (nSPS) is 15.4. The van der Waals surface area contributed by atoms with Crippen LogP contribution in [0.3, 0.4) is 0 Å². The van der Waals surface area contributed by atoms with Crippen LogP contribution in [0.5, 0.6) is 5.75 Å². The Hall–Kier alpha value is -2.40. The lowest BCUT2D eigenvalue weighted by Gasteiger charge is -2.32. The molecule has 0 radical (unpaired) electrons. The Balaban J connectivity index is 1.57. The van der Waals surface area contributed by atoms with Gasteiger partial charge in [-0.05, 0) is 24.3 Å². The Labute approximate surface area is 136 Å². The number of ether oxygens (including phenoxy) is 1. The van der Waals surface area contributed by atoms with E-state index in [0.29, 0.717) is 5.56 Å². The van der Waals surface area contributed by atoms with Gasteiger partial charge in [-0.15, -0.1) is 0 Å². The van der Waals surface area contributed by atoms with E-state index >= 15 is 0 Å². The average Bonchev–Trinajstić information content (AvgIpc) is 2.63. The molecule has 1 saturated heterocycles. The number of methoxy groups -OCH3 is 1. The lowest BCUT2D eigenvalue weighted by Crippen LogP contribution is -3.13. The van der Waals surface area contributed by atoms with Gasteiger partial charge >= 0.3 is 0 Å². The zero-order valence-corrected chi connectivity index (χ0v) is 13.4. The maximum atomic E-state index is 12.4. The van der Waals surface area contributed by atoms with Crippen molar-refractivity contribution in [1.82, 2.24) is 9.88 Å². The number of nitrogens with zero attached hydrogens (tertiary/aromatic N) is 2. The predicted molar refractivity (Wildman–Crippen MR) is 87.5 cm³/mol. The predicted octanol–water partition coefficient (Wildman–Crippen LogP) is 0.631. The van der Waals surface area contributed by atoms with Gasteiger partial charge < -0.3 is 14.5 Å². The van der Waals surface area contributed by atoms with Crippen molar-refractivity contribution in [1.29, 1.82) is 0 Å². The molecule has 0 saturated carbocycles. The van der Waals surface area contributed by atoms with Crippen LogP contribution in [0.4, 0.5) is 0 Å². The van der Waals surface area contributed by atoms with E-state index in [2.05, 4.69) is 11.1 Å². The fraction of sp³-hybridized carbons (Fsp3) is 0.333. The largest absolute Gasteiger partial charge is 0.496 e. The highest BCUT2D eigenvalue weighted by Gasteiger charge is 2.25. The molecule has 1 aromatic carbocycles. The molecule has 1 fully saturated rings. The summed E-state index contributed by atoms with van der Waals surface area (Å²) in [6.45, 7) is 4.38. The monoisotopic (exact) mass is 312 g/mol. The number of hydrogen-bond acceptors (Lipinski definition) is 3. The van der Waals surface area contributed by atoms with Crippen molar-refractivity contribution in [2.45, 2.75) is 6.54 Å². The molecule has 2 heterocycles. The Morgan fingerprint density at radius 1 is 1.22 bits per heavy atom. The second-order valence-corrected chi connectivity index (χ2v) is 5.77. The first-order chi connectivity index (χ1) is 11.3. The van der Waals surface area contributed by atoms with E-state index < -0.39 is 0 Å². The van der Waals surface area contributed by atoms with E-state index in [-0.39, 0.29) is 5.91 Å². The smallest absolute Gasteiger partial charge is 0.255 e. The van der Waals surface area contributed by atoms with E-state index in [1.807, 2.05) is 29.2 Å². The SMILES string of the molecule is COc1ccccc1C[NH+]1CCN(C(=O)c2cccnc2)CC1. The van der Waals surface area contributed by atoms with Crippen LogP contribution in [0, 0.1) is 0 Å². The first-order valence-electron chi connectivity index (χ1n) is 7.92. The minimum absolute atomic E-state index is 0.0782. The molecular formula is C18H22N3O2+. The zero-order chi connectivity index (χ0) is 16.1. The van der Waals surface area contributed by atoms with E-state index in [0.717, 1.165) is 38.5 Å². The Morgan fingerprint density at radius 2 is 2.00 bits per heavy atom. The van der Waals surface area contributed by atoms with Crippen LogP contribution in [0.1, 0.15) is 15.9 Å². The number of carbonyl (C=O) groups is 1. The van der Waals surface area contributed by atoms with Gasteiger partial charge in [0.2, 0.25) is 0 Å². The van der Waals surface area contributed by atoms with Crippen molar-refractivity contribution < 1.29 is 14.4 Å². The highest BCUT2D eigenvalue weighted by atomic mass is 16.5. The molecule has 0 spiro atoms. The lowest BCUT2D eigenvalue weighted by atomic mass is 10.1. The molecule has 1 aromatic heterocycles. The van der Waals surface area contributed by atoms with Gasteiger partial charge in [0.05, 0.1) is 38.9 Å². The van der Waals surface area contributed by atoms with E-state index in [1.54, 1.807) is 25.6 Å². The summed E-state index contributed by atoms with van der Waals surface area (Å²) in [6, 6.07) is 11.8. The van der Waals surface area contributed by atoms with Gasteiger partial charge in [0.25, 0.3) is 5.91 Å². The van der Waals surface area contributed by atoms with Gasteiger partial charge in [-0.1, -0.05) is 12.1 Å². The quantitative estimate of drug-likeness (QED) is 0.901. The van der Waals surface area contributed by atoms with Gasteiger partial charge in [-0.3, -0.25) is 9.78 Å². The summed E-state index contributed by atoms with van der Waals surface area (Å²) in [5, 5.41) is 0.